The van der Waals surface area contributed by atoms with Gasteiger partial charge in [-0.05, 0) is 93.9 Å². The molecule has 3 heterocycles. The van der Waals surface area contributed by atoms with Crippen molar-refractivity contribution >= 4 is 75.1 Å². The van der Waals surface area contributed by atoms with Crippen molar-refractivity contribution in [2.75, 3.05) is 0 Å². The molecule has 0 amide bonds. The molecule has 9 aromatic carbocycles. The highest BCUT2D eigenvalue weighted by Crippen LogP contribution is 2.43. The molecule has 0 unspecified atom stereocenters. The summed E-state index contributed by atoms with van der Waals surface area (Å²) in [6, 6.07) is 6.77. The zero-order valence-corrected chi connectivity index (χ0v) is 30.0. The zero-order valence-electron chi connectivity index (χ0n) is 51.2. The fourth-order valence-corrected chi connectivity index (χ4v) is 8.66. The highest BCUT2D eigenvalue weighted by atomic mass is 32.1. The zero-order chi connectivity index (χ0) is 56.6. The number of benzene rings is 9. The fraction of sp³-hybridized carbons (Fsp3) is 0. The van der Waals surface area contributed by atoms with Crippen molar-refractivity contribution in [2.24, 2.45) is 0 Å². The Morgan fingerprint density at radius 1 is 0.368 bits per heavy atom. The second kappa shape index (κ2) is 12.7. The minimum absolute atomic E-state index is 0.00682. The maximum absolute atomic E-state index is 9.99. The van der Waals surface area contributed by atoms with Crippen molar-refractivity contribution < 1.29 is 30.2 Å². The predicted octanol–water partition coefficient (Wildman–Crippen LogP) is 15.2. The second-order valence-electron chi connectivity index (χ2n) is 13.2. The van der Waals surface area contributed by atoms with Crippen LogP contribution < -0.4 is 0 Å². The second-order valence-corrected chi connectivity index (χ2v) is 14.2. The van der Waals surface area contributed by atoms with E-state index in [1.807, 2.05) is 36.4 Å². The molecule has 0 aliphatic heterocycles. The topological polar surface area (TPSA) is 9.86 Å². The molecule has 0 atom stereocenters. The summed E-state index contributed by atoms with van der Waals surface area (Å²) in [5.41, 5.74) is -0.712. The molecule has 0 saturated carbocycles. The van der Waals surface area contributed by atoms with E-state index in [9.17, 15) is 15.1 Å². The average Bonchev–Trinajstić information content (AvgIpc) is 4.36. The van der Waals surface area contributed by atoms with Crippen molar-refractivity contribution in [1.82, 2.24) is 9.13 Å². The first-order valence-electron chi connectivity index (χ1n) is 28.7. The van der Waals surface area contributed by atoms with E-state index >= 15 is 0 Å². The molecule has 2 nitrogen and oxygen atoms in total. The van der Waals surface area contributed by atoms with Gasteiger partial charge in [-0.25, -0.2) is 0 Å². The third-order valence-electron chi connectivity index (χ3n) is 10.0. The first-order valence-corrected chi connectivity index (χ1v) is 18.5. The lowest BCUT2D eigenvalue weighted by Crippen LogP contribution is -1.94. The van der Waals surface area contributed by atoms with E-state index in [1.165, 1.54) is 21.3 Å². The van der Waals surface area contributed by atoms with Gasteiger partial charge in [-0.15, -0.1) is 11.3 Å². The lowest BCUT2D eigenvalue weighted by Gasteiger charge is -2.11. The van der Waals surface area contributed by atoms with Crippen LogP contribution in [0.5, 0.6) is 0 Å². The monoisotopic (exact) mass is 764 g/mol. The minimum Gasteiger partial charge on any atom is -0.309 e. The van der Waals surface area contributed by atoms with Crippen molar-refractivity contribution in [3.8, 4) is 44.8 Å². The van der Waals surface area contributed by atoms with E-state index in [4.69, 9.17) is 15.1 Å². The van der Waals surface area contributed by atoms with Gasteiger partial charge in [-0.1, -0.05) is 145 Å². The quantitative estimate of drug-likeness (QED) is 0.165. The van der Waals surface area contributed by atoms with Crippen molar-refractivity contribution in [2.45, 2.75) is 0 Å². The molecular weight excluding hydrogens is 709 g/mol. The molecule has 12 aromatic rings. The molecule has 12 rings (SSSR count). The van der Waals surface area contributed by atoms with Crippen LogP contribution in [0.4, 0.5) is 0 Å². The summed E-state index contributed by atoms with van der Waals surface area (Å²) < 4.78 is 204. The third kappa shape index (κ3) is 5.03. The molecule has 0 radical (unpaired) electrons. The normalized spacial score (nSPS) is 17.3. The van der Waals surface area contributed by atoms with Crippen molar-refractivity contribution in [3.63, 3.8) is 0 Å². The lowest BCUT2D eigenvalue weighted by atomic mass is 10.0. The summed E-state index contributed by atoms with van der Waals surface area (Å²) in [5.74, 6) is 0. The van der Waals surface area contributed by atoms with Crippen LogP contribution in [-0.2, 0) is 0 Å². The van der Waals surface area contributed by atoms with Crippen LogP contribution in [-0.4, -0.2) is 9.13 Å². The Kier molecular flexibility index (Phi) is 3.85. The molecule has 0 saturated heterocycles. The smallest absolute Gasteiger partial charge is 0.0645 e. The number of nitrogens with zero attached hydrogens (tertiary/aromatic N) is 2. The average molecular weight is 765 g/mol. The molecule has 0 aliphatic rings. The number of aromatic nitrogens is 2. The maximum atomic E-state index is 9.99. The Balaban J connectivity index is 1.18. The Bertz CT molecular complexity index is 4780. The first kappa shape index (κ1) is 17.3. The van der Waals surface area contributed by atoms with Crippen LogP contribution >= 0.6 is 11.3 Å². The van der Waals surface area contributed by atoms with E-state index in [0.717, 1.165) is 23.0 Å². The first-order chi connectivity index (χ1) is 37.4. The highest BCUT2D eigenvalue weighted by Gasteiger charge is 2.18. The molecular formula is C54H34N2S. The van der Waals surface area contributed by atoms with Crippen molar-refractivity contribution in [3.05, 3.63) is 206 Å². The Morgan fingerprint density at radius 2 is 0.982 bits per heavy atom. The molecule has 0 spiro atoms. The molecule has 0 bridgehead atoms. The Morgan fingerprint density at radius 3 is 1.68 bits per heavy atom. The molecule has 0 aliphatic carbocycles. The summed E-state index contributed by atoms with van der Waals surface area (Å²) in [4.78, 5) is 0. The summed E-state index contributed by atoms with van der Waals surface area (Å²) in [6.07, 6.45) is 0. The summed E-state index contributed by atoms with van der Waals surface area (Å²) in [5, 5.41) is -1.01. The lowest BCUT2D eigenvalue weighted by molar-refractivity contribution is 1.18. The van der Waals surface area contributed by atoms with Crippen LogP contribution in [0.3, 0.4) is 0 Å². The number of hydrogen-bond acceptors (Lipinski definition) is 1. The molecule has 0 fully saturated rings. The van der Waals surface area contributed by atoms with Gasteiger partial charge >= 0.3 is 0 Å². The van der Waals surface area contributed by atoms with E-state index in [0.29, 0.717) is 11.3 Å². The van der Waals surface area contributed by atoms with Crippen LogP contribution in [0.2, 0.25) is 0 Å². The van der Waals surface area contributed by atoms with E-state index in [1.54, 1.807) is 18.2 Å². The number of fused-ring (bicyclic) bond motifs is 9. The van der Waals surface area contributed by atoms with Crippen LogP contribution in [0.1, 0.15) is 30.2 Å². The van der Waals surface area contributed by atoms with Gasteiger partial charge in [0.2, 0.25) is 0 Å². The van der Waals surface area contributed by atoms with E-state index < -0.39 is 138 Å². The fourth-order valence-electron chi connectivity index (χ4n) is 7.49. The van der Waals surface area contributed by atoms with Gasteiger partial charge in [0.1, 0.15) is 0 Å². The Labute approximate surface area is 364 Å². The van der Waals surface area contributed by atoms with Gasteiger partial charge in [0.05, 0.1) is 52.2 Å². The Hall–Kier alpha value is -7.20. The summed E-state index contributed by atoms with van der Waals surface area (Å²) in [7, 11) is 0. The van der Waals surface area contributed by atoms with Gasteiger partial charge in [0.15, 0.2) is 0 Å². The predicted molar refractivity (Wildman–Crippen MR) is 244 cm³/mol. The SMILES string of the molecule is [2H]c1cc([2H])c([2H])c(-c2c([2H])c([2H])c([2H])c3c2sc2cc(-n4c5c([2H])c([2H])c([2H])c([2H])c5c5c([2H])c(-c6c([2H])c([2H])c7c(c6[2H])c6c([2H])c([2H])c([2H])c([2H])c6n7-c6cccc(-c7ccccc7)c6)c([2H])c([2H])c54)cc([2H])c23)c1[2H]. The van der Waals surface area contributed by atoms with E-state index in [2.05, 4.69) is 0 Å². The standard InChI is InChI=1S/C54H34N2S/c1-3-13-35(14-4-1)37-17-11-18-40(31-37)55-49-23-9-7-19-43(49)47-32-38(25-29-51(47)55)39-26-30-52-48(33-39)44-20-8-10-24-50(44)56(52)41-27-28-45-46-22-12-21-42(36-15-5-2-6-16-36)54(46)57-53(45)34-41/h1-34H/i5D,6D,7D,8D,9D,10D,12D,15D,16D,19D,20D,21D,22D,23D,24D,25D,26D,28D,29D,30D,32D,33D. The van der Waals surface area contributed by atoms with Gasteiger partial charge in [0.25, 0.3) is 0 Å². The molecule has 3 heteroatoms. The highest BCUT2D eigenvalue weighted by molar-refractivity contribution is 7.26. The third-order valence-corrected chi connectivity index (χ3v) is 11.2. The largest absolute Gasteiger partial charge is 0.309 e. The van der Waals surface area contributed by atoms with Gasteiger partial charge in [-0.2, -0.15) is 0 Å². The van der Waals surface area contributed by atoms with Crippen LogP contribution in [0.25, 0.3) is 109 Å². The molecule has 266 valence electrons. The van der Waals surface area contributed by atoms with Crippen LogP contribution in [0.15, 0.2) is 206 Å². The van der Waals surface area contributed by atoms with Crippen molar-refractivity contribution in [1.29, 1.82) is 0 Å². The molecule has 0 N–H and O–H groups in total. The van der Waals surface area contributed by atoms with Gasteiger partial charge in [0, 0.05) is 53.1 Å². The number of hydrogen-bond donors (Lipinski definition) is 0. The van der Waals surface area contributed by atoms with Gasteiger partial charge < -0.3 is 9.13 Å². The molecule has 57 heavy (non-hydrogen) atoms. The summed E-state index contributed by atoms with van der Waals surface area (Å²) >= 11 is 0.892. The number of rotatable bonds is 5. The number of para-hydroxylation sites is 2. The maximum Gasteiger partial charge on any atom is 0.0645 e. The number of thiophene rings is 1. The minimum atomic E-state index is -0.787. The van der Waals surface area contributed by atoms with Gasteiger partial charge in [-0.3, -0.25) is 0 Å². The van der Waals surface area contributed by atoms with E-state index in [-0.39, 0.29) is 86.6 Å². The van der Waals surface area contributed by atoms with Crippen LogP contribution in [0, 0.1) is 0 Å². The molecule has 3 aromatic heterocycles. The summed E-state index contributed by atoms with van der Waals surface area (Å²) in [6.45, 7) is 0.